The number of hydrogen-bond acceptors (Lipinski definition) is 2. The third-order valence-corrected chi connectivity index (χ3v) is 2.95. The highest BCUT2D eigenvalue weighted by Crippen LogP contribution is 2.06. The maximum absolute atomic E-state index is 4.51. The first-order valence-corrected chi connectivity index (χ1v) is 6.04. The average Bonchev–Trinajstić information content (AvgIpc) is 2.63. The minimum Gasteiger partial charge on any atom is -0.363 e. The Morgan fingerprint density at radius 1 is 0.889 bits per heavy atom. The molecule has 0 saturated carbocycles. The molecule has 0 amide bonds. The summed E-state index contributed by atoms with van der Waals surface area (Å²) in [6, 6.07) is 18.5. The van der Waals surface area contributed by atoms with E-state index in [0.29, 0.717) is 0 Å². The third-order valence-electron chi connectivity index (χ3n) is 2.95. The standard InChI is InChI=1S/C16H14N2/c1-2-6-13(7-3-1)10-15-12-18-16-9-5-4-8-14(16)11-17-15/h1-9,11-12,17H,10H2. The summed E-state index contributed by atoms with van der Waals surface area (Å²) in [6.45, 7) is 0. The van der Waals surface area contributed by atoms with Gasteiger partial charge in [0.2, 0.25) is 0 Å². The number of allylic oxidation sites excluding steroid dienone is 1. The lowest BCUT2D eigenvalue weighted by Crippen LogP contribution is -2.25. The van der Waals surface area contributed by atoms with E-state index in [1.54, 1.807) is 0 Å². The van der Waals surface area contributed by atoms with Gasteiger partial charge in [0, 0.05) is 29.7 Å². The van der Waals surface area contributed by atoms with Crippen LogP contribution in [0.3, 0.4) is 0 Å². The second kappa shape index (κ2) is 4.88. The van der Waals surface area contributed by atoms with Gasteiger partial charge in [-0.05, 0) is 11.6 Å². The van der Waals surface area contributed by atoms with Gasteiger partial charge in [-0.25, -0.2) is 0 Å². The van der Waals surface area contributed by atoms with Crippen molar-refractivity contribution in [1.82, 2.24) is 5.32 Å². The van der Waals surface area contributed by atoms with E-state index in [4.69, 9.17) is 0 Å². The second-order valence-corrected chi connectivity index (χ2v) is 4.29. The number of hydrogen-bond donors (Lipinski definition) is 1. The van der Waals surface area contributed by atoms with Crippen molar-refractivity contribution in [1.29, 1.82) is 0 Å². The minimum absolute atomic E-state index is 0.870. The molecule has 1 N–H and O–H groups in total. The number of fused-ring (bicyclic) bond motifs is 1. The zero-order chi connectivity index (χ0) is 12.2. The average molecular weight is 234 g/mol. The molecule has 0 bridgehead atoms. The lowest BCUT2D eigenvalue weighted by molar-refractivity contribution is 0.998. The van der Waals surface area contributed by atoms with Crippen molar-refractivity contribution >= 4 is 6.20 Å². The van der Waals surface area contributed by atoms with Crippen molar-refractivity contribution in [3.63, 3.8) is 0 Å². The smallest absolute Gasteiger partial charge is 0.0717 e. The van der Waals surface area contributed by atoms with Crippen molar-refractivity contribution in [2.45, 2.75) is 6.42 Å². The molecule has 0 aliphatic carbocycles. The van der Waals surface area contributed by atoms with Crippen LogP contribution in [0.1, 0.15) is 5.56 Å². The summed E-state index contributed by atoms with van der Waals surface area (Å²) < 4.78 is 0. The largest absolute Gasteiger partial charge is 0.363 e. The van der Waals surface area contributed by atoms with Crippen LogP contribution in [-0.2, 0) is 6.42 Å². The van der Waals surface area contributed by atoms with E-state index >= 15 is 0 Å². The summed E-state index contributed by atoms with van der Waals surface area (Å²) >= 11 is 0. The minimum atomic E-state index is 0.870. The molecule has 0 radical (unpaired) electrons. The van der Waals surface area contributed by atoms with Gasteiger partial charge in [-0.15, -0.1) is 0 Å². The summed E-state index contributed by atoms with van der Waals surface area (Å²) in [7, 11) is 0. The van der Waals surface area contributed by atoms with Crippen LogP contribution in [0, 0.1) is 0 Å². The molecule has 0 fully saturated rings. The molecule has 2 heteroatoms. The maximum Gasteiger partial charge on any atom is 0.0717 e. The molecule has 1 aliphatic rings. The molecule has 3 rings (SSSR count). The Morgan fingerprint density at radius 2 is 1.67 bits per heavy atom. The van der Waals surface area contributed by atoms with Crippen LogP contribution >= 0.6 is 0 Å². The first-order valence-electron chi connectivity index (χ1n) is 6.04. The predicted molar refractivity (Wildman–Crippen MR) is 73.1 cm³/mol. The van der Waals surface area contributed by atoms with E-state index < -0.39 is 0 Å². The van der Waals surface area contributed by atoms with Gasteiger partial charge in [0.25, 0.3) is 0 Å². The van der Waals surface area contributed by atoms with E-state index in [1.807, 2.05) is 36.7 Å². The highest BCUT2D eigenvalue weighted by atomic mass is 14.9. The van der Waals surface area contributed by atoms with Gasteiger partial charge in [-0.2, -0.15) is 0 Å². The van der Waals surface area contributed by atoms with Crippen LogP contribution < -0.4 is 15.9 Å². The molecule has 18 heavy (non-hydrogen) atoms. The zero-order valence-corrected chi connectivity index (χ0v) is 10.0. The van der Waals surface area contributed by atoms with Gasteiger partial charge in [-0.3, -0.25) is 4.99 Å². The van der Waals surface area contributed by atoms with Crippen molar-refractivity contribution < 1.29 is 0 Å². The molecule has 0 aromatic heterocycles. The van der Waals surface area contributed by atoms with Crippen LogP contribution in [0.4, 0.5) is 0 Å². The fraction of sp³-hybridized carbons (Fsp3) is 0.0625. The number of benzene rings is 2. The van der Waals surface area contributed by atoms with E-state index in [0.717, 1.165) is 22.7 Å². The molecule has 0 spiro atoms. The third kappa shape index (κ3) is 2.33. The molecule has 2 aromatic carbocycles. The van der Waals surface area contributed by atoms with Crippen molar-refractivity contribution in [3.8, 4) is 0 Å². The molecule has 2 nitrogen and oxygen atoms in total. The Labute approximate surface area is 106 Å². The number of para-hydroxylation sites is 1. The molecule has 0 atom stereocenters. The summed E-state index contributed by atoms with van der Waals surface area (Å²) in [5.74, 6) is 0. The Bertz CT molecular complexity index is 685. The molecule has 0 unspecified atom stereocenters. The lowest BCUT2D eigenvalue weighted by Gasteiger charge is -2.05. The van der Waals surface area contributed by atoms with Crippen LogP contribution in [0.25, 0.3) is 6.20 Å². The van der Waals surface area contributed by atoms with Crippen LogP contribution in [0.2, 0.25) is 0 Å². The molecule has 2 aromatic rings. The summed E-state index contributed by atoms with van der Waals surface area (Å²) in [6.07, 6.45) is 4.80. The van der Waals surface area contributed by atoms with Crippen LogP contribution in [0.5, 0.6) is 0 Å². The number of nitrogens with zero attached hydrogens (tertiary/aromatic N) is 1. The van der Waals surface area contributed by atoms with E-state index in [2.05, 4.69) is 40.6 Å². The first kappa shape index (κ1) is 10.8. The Hall–Kier alpha value is -2.35. The van der Waals surface area contributed by atoms with Crippen molar-refractivity contribution in [2.75, 3.05) is 0 Å². The molecular formula is C16H14N2. The summed E-state index contributed by atoms with van der Waals surface area (Å²) in [5.41, 5.74) is 2.39. The maximum atomic E-state index is 4.51. The van der Waals surface area contributed by atoms with E-state index in [1.165, 1.54) is 5.56 Å². The van der Waals surface area contributed by atoms with Gasteiger partial charge in [0.05, 0.1) is 5.36 Å². The number of rotatable bonds is 2. The van der Waals surface area contributed by atoms with Crippen LogP contribution in [-0.4, -0.2) is 0 Å². The van der Waals surface area contributed by atoms with Crippen LogP contribution in [0.15, 0.2) is 71.5 Å². The van der Waals surface area contributed by atoms with Gasteiger partial charge in [-0.1, -0.05) is 48.5 Å². The van der Waals surface area contributed by atoms with E-state index in [9.17, 15) is 0 Å². The molecule has 88 valence electrons. The molecule has 1 aliphatic heterocycles. The van der Waals surface area contributed by atoms with Crippen molar-refractivity contribution in [2.24, 2.45) is 4.99 Å². The SMILES string of the molecule is C1=C(Cc2ccccc2)NC=c2ccccc2=N1. The molecule has 1 heterocycles. The monoisotopic (exact) mass is 234 g/mol. The van der Waals surface area contributed by atoms with Crippen molar-refractivity contribution in [3.05, 3.63) is 82.6 Å². The predicted octanol–water partition coefficient (Wildman–Crippen LogP) is 1.73. The van der Waals surface area contributed by atoms with Gasteiger partial charge in [0.1, 0.15) is 0 Å². The lowest BCUT2D eigenvalue weighted by atomic mass is 10.1. The first-order chi connectivity index (χ1) is 8.92. The quantitative estimate of drug-likeness (QED) is 0.841. The fourth-order valence-corrected chi connectivity index (χ4v) is 1.99. The summed E-state index contributed by atoms with van der Waals surface area (Å²) in [5, 5.41) is 5.46. The Balaban J connectivity index is 1.90. The zero-order valence-electron chi connectivity index (χ0n) is 10.0. The fourth-order valence-electron chi connectivity index (χ4n) is 1.99. The van der Waals surface area contributed by atoms with Gasteiger partial charge < -0.3 is 5.32 Å². The topological polar surface area (TPSA) is 24.4 Å². The molecule has 0 saturated heterocycles. The second-order valence-electron chi connectivity index (χ2n) is 4.29. The van der Waals surface area contributed by atoms with Gasteiger partial charge in [0.15, 0.2) is 0 Å². The van der Waals surface area contributed by atoms with E-state index in [-0.39, 0.29) is 0 Å². The summed E-state index contributed by atoms with van der Waals surface area (Å²) in [4.78, 5) is 4.51. The Morgan fingerprint density at radius 3 is 2.56 bits per heavy atom. The molecular weight excluding hydrogens is 220 g/mol. The van der Waals surface area contributed by atoms with Gasteiger partial charge >= 0.3 is 0 Å². The highest BCUT2D eigenvalue weighted by molar-refractivity contribution is 5.31. The Kier molecular flexibility index (Phi) is 2.92. The normalized spacial score (nSPS) is 13.2. The highest BCUT2D eigenvalue weighted by Gasteiger charge is 1.99. The number of nitrogens with one attached hydrogen (secondary N) is 1.